The number of aryl methyl sites for hydroxylation is 1. The van der Waals surface area contributed by atoms with E-state index in [0.717, 1.165) is 14.6 Å². The van der Waals surface area contributed by atoms with E-state index in [9.17, 15) is 4.79 Å². The zero-order valence-corrected chi connectivity index (χ0v) is 11.9. The molecule has 0 amide bonds. The number of ketones is 1. The smallest absolute Gasteiger partial charge is 0.195 e. The van der Waals surface area contributed by atoms with Crippen molar-refractivity contribution in [2.75, 3.05) is 6.26 Å². The molecule has 17 heavy (non-hydrogen) atoms. The number of thioether (sulfide) groups is 1. The van der Waals surface area contributed by atoms with Crippen LogP contribution in [0.1, 0.15) is 20.8 Å². The third-order valence-corrected chi connectivity index (χ3v) is 4.80. The van der Waals surface area contributed by atoms with Crippen LogP contribution < -0.4 is 0 Å². The van der Waals surface area contributed by atoms with Crippen molar-refractivity contribution in [1.82, 2.24) is 0 Å². The van der Waals surface area contributed by atoms with Crippen LogP contribution in [0.2, 0.25) is 5.02 Å². The lowest BCUT2D eigenvalue weighted by Crippen LogP contribution is -2.00. The van der Waals surface area contributed by atoms with Crippen LogP contribution in [-0.4, -0.2) is 12.0 Å². The zero-order valence-electron chi connectivity index (χ0n) is 9.49. The Morgan fingerprint density at radius 1 is 1.29 bits per heavy atom. The molecule has 2 aromatic rings. The topological polar surface area (TPSA) is 17.1 Å². The standard InChI is InChI=1S/C13H11ClOS2/c1-8-7-11(13(16-2)17-8)12(15)9-3-5-10(14)6-4-9/h3-7H,1-2H3. The van der Waals surface area contributed by atoms with E-state index in [-0.39, 0.29) is 5.78 Å². The van der Waals surface area contributed by atoms with Crippen molar-refractivity contribution >= 4 is 40.5 Å². The third kappa shape index (κ3) is 2.73. The van der Waals surface area contributed by atoms with Crippen LogP contribution in [0.5, 0.6) is 0 Å². The summed E-state index contributed by atoms with van der Waals surface area (Å²) in [5, 5.41) is 0.646. The summed E-state index contributed by atoms with van der Waals surface area (Å²) in [7, 11) is 0. The van der Waals surface area contributed by atoms with Gasteiger partial charge in [0.05, 0.1) is 4.21 Å². The number of carbonyl (C=O) groups is 1. The molecule has 0 fully saturated rings. The first-order valence-corrected chi connectivity index (χ1v) is 7.48. The Kier molecular flexibility index (Phi) is 3.92. The summed E-state index contributed by atoms with van der Waals surface area (Å²) >= 11 is 9.08. The number of carbonyl (C=O) groups excluding carboxylic acids is 1. The fourth-order valence-corrected chi connectivity index (χ4v) is 3.52. The van der Waals surface area contributed by atoms with Gasteiger partial charge in [-0.25, -0.2) is 0 Å². The summed E-state index contributed by atoms with van der Waals surface area (Å²) in [6, 6.07) is 8.97. The Morgan fingerprint density at radius 3 is 2.53 bits per heavy atom. The van der Waals surface area contributed by atoms with Crippen molar-refractivity contribution in [2.45, 2.75) is 11.1 Å². The Hall–Kier alpha value is -0.770. The number of rotatable bonds is 3. The molecular formula is C13H11ClOS2. The van der Waals surface area contributed by atoms with Crippen LogP contribution in [0.4, 0.5) is 0 Å². The largest absolute Gasteiger partial charge is 0.289 e. The highest BCUT2D eigenvalue weighted by Gasteiger charge is 2.15. The lowest BCUT2D eigenvalue weighted by molar-refractivity contribution is 0.103. The molecule has 0 N–H and O–H groups in total. The number of thiophene rings is 1. The predicted octanol–water partition coefficient (Wildman–Crippen LogP) is 4.66. The van der Waals surface area contributed by atoms with E-state index in [1.165, 1.54) is 0 Å². The molecule has 0 aliphatic carbocycles. The van der Waals surface area contributed by atoms with Gasteiger partial charge < -0.3 is 0 Å². The monoisotopic (exact) mass is 282 g/mol. The summed E-state index contributed by atoms with van der Waals surface area (Å²) < 4.78 is 1.07. The molecule has 0 aliphatic heterocycles. The van der Waals surface area contributed by atoms with Crippen molar-refractivity contribution in [2.24, 2.45) is 0 Å². The molecule has 1 nitrogen and oxygen atoms in total. The highest BCUT2D eigenvalue weighted by Crippen LogP contribution is 2.31. The SMILES string of the molecule is CSc1sc(C)cc1C(=O)c1ccc(Cl)cc1. The van der Waals surface area contributed by atoms with E-state index in [1.54, 1.807) is 47.4 Å². The average molecular weight is 283 g/mol. The van der Waals surface area contributed by atoms with Gasteiger partial charge in [-0.1, -0.05) is 11.6 Å². The second-order valence-corrected chi connectivity index (χ2v) is 6.37. The van der Waals surface area contributed by atoms with Crippen LogP contribution in [-0.2, 0) is 0 Å². The molecule has 0 atom stereocenters. The maximum absolute atomic E-state index is 12.3. The molecule has 0 bridgehead atoms. The minimum atomic E-state index is 0.0652. The minimum Gasteiger partial charge on any atom is -0.289 e. The van der Waals surface area contributed by atoms with Crippen molar-refractivity contribution in [1.29, 1.82) is 0 Å². The minimum absolute atomic E-state index is 0.0652. The van der Waals surface area contributed by atoms with Crippen molar-refractivity contribution in [3.63, 3.8) is 0 Å². The Balaban J connectivity index is 2.39. The van der Waals surface area contributed by atoms with Crippen molar-refractivity contribution in [3.8, 4) is 0 Å². The first-order chi connectivity index (χ1) is 8.11. The molecule has 88 valence electrons. The van der Waals surface area contributed by atoms with Gasteiger partial charge in [0, 0.05) is 21.0 Å². The maximum atomic E-state index is 12.3. The Morgan fingerprint density at radius 2 is 1.94 bits per heavy atom. The first kappa shape index (κ1) is 12.7. The fourth-order valence-electron chi connectivity index (χ4n) is 1.56. The molecule has 1 aromatic carbocycles. The van der Waals surface area contributed by atoms with Gasteiger partial charge >= 0.3 is 0 Å². The molecule has 0 unspecified atom stereocenters. The van der Waals surface area contributed by atoms with Crippen molar-refractivity contribution in [3.05, 3.63) is 51.4 Å². The summed E-state index contributed by atoms with van der Waals surface area (Å²) in [5.41, 5.74) is 1.48. The van der Waals surface area contributed by atoms with Gasteiger partial charge in [-0.2, -0.15) is 0 Å². The van der Waals surface area contributed by atoms with Gasteiger partial charge in [0.25, 0.3) is 0 Å². The molecule has 2 rings (SSSR count). The van der Waals surface area contributed by atoms with Gasteiger partial charge in [-0.05, 0) is 43.5 Å². The molecule has 4 heteroatoms. The lowest BCUT2D eigenvalue weighted by atomic mass is 10.1. The highest BCUT2D eigenvalue weighted by molar-refractivity contribution is 8.00. The first-order valence-electron chi connectivity index (χ1n) is 5.06. The van der Waals surface area contributed by atoms with E-state index < -0.39 is 0 Å². The average Bonchev–Trinajstić information content (AvgIpc) is 2.70. The molecule has 0 radical (unpaired) electrons. The fraction of sp³-hybridized carbons (Fsp3) is 0.154. The molecule has 1 heterocycles. The van der Waals surface area contributed by atoms with Crippen LogP contribution in [0.25, 0.3) is 0 Å². The lowest BCUT2D eigenvalue weighted by Gasteiger charge is -2.01. The summed E-state index contributed by atoms with van der Waals surface area (Å²) in [4.78, 5) is 13.5. The normalized spacial score (nSPS) is 10.5. The van der Waals surface area contributed by atoms with Crippen LogP contribution >= 0.6 is 34.7 Å². The van der Waals surface area contributed by atoms with Crippen molar-refractivity contribution < 1.29 is 4.79 Å². The second-order valence-electron chi connectivity index (χ2n) is 3.60. The number of hydrogen-bond donors (Lipinski definition) is 0. The predicted molar refractivity (Wildman–Crippen MR) is 75.7 cm³/mol. The number of benzene rings is 1. The summed E-state index contributed by atoms with van der Waals surface area (Å²) in [6.45, 7) is 2.02. The Labute approximate surface area is 114 Å². The molecule has 0 saturated heterocycles. The van der Waals surface area contributed by atoms with Gasteiger partial charge in [-0.3, -0.25) is 4.79 Å². The zero-order chi connectivity index (χ0) is 12.4. The molecule has 1 aromatic heterocycles. The van der Waals surface area contributed by atoms with Gasteiger partial charge in [0.15, 0.2) is 5.78 Å². The molecule has 0 saturated carbocycles. The summed E-state index contributed by atoms with van der Waals surface area (Å²) in [5.74, 6) is 0.0652. The second kappa shape index (κ2) is 5.25. The van der Waals surface area contributed by atoms with E-state index in [1.807, 2.05) is 19.2 Å². The van der Waals surface area contributed by atoms with E-state index >= 15 is 0 Å². The van der Waals surface area contributed by atoms with E-state index in [2.05, 4.69) is 0 Å². The molecule has 0 spiro atoms. The van der Waals surface area contributed by atoms with Crippen LogP contribution in [0, 0.1) is 6.92 Å². The molecule has 0 aliphatic rings. The van der Waals surface area contributed by atoms with E-state index in [4.69, 9.17) is 11.6 Å². The third-order valence-electron chi connectivity index (χ3n) is 2.36. The number of hydrogen-bond acceptors (Lipinski definition) is 3. The highest BCUT2D eigenvalue weighted by atomic mass is 35.5. The van der Waals surface area contributed by atoms with Crippen LogP contribution in [0.15, 0.2) is 34.5 Å². The van der Waals surface area contributed by atoms with E-state index in [0.29, 0.717) is 10.6 Å². The van der Waals surface area contributed by atoms with Gasteiger partial charge in [0.2, 0.25) is 0 Å². The maximum Gasteiger partial charge on any atom is 0.195 e. The summed E-state index contributed by atoms with van der Waals surface area (Å²) in [6.07, 6.45) is 1.99. The van der Waals surface area contributed by atoms with Crippen LogP contribution in [0.3, 0.4) is 0 Å². The van der Waals surface area contributed by atoms with Gasteiger partial charge in [0.1, 0.15) is 0 Å². The number of halogens is 1. The molecular weight excluding hydrogens is 272 g/mol. The Bertz CT molecular complexity index is 543. The quantitative estimate of drug-likeness (QED) is 0.601. The van der Waals surface area contributed by atoms with Gasteiger partial charge in [-0.15, -0.1) is 23.1 Å².